The van der Waals surface area contributed by atoms with Crippen LogP contribution in [0.2, 0.25) is 0 Å². The highest BCUT2D eigenvalue weighted by Gasteiger charge is 2.35. The van der Waals surface area contributed by atoms with E-state index in [1.807, 2.05) is 36.4 Å². The van der Waals surface area contributed by atoms with Gasteiger partial charge in [-0.3, -0.25) is 19.3 Å². The zero-order chi connectivity index (χ0) is 19.2. The van der Waals surface area contributed by atoms with E-state index < -0.39 is 17.1 Å². The lowest BCUT2D eigenvalue weighted by Gasteiger charge is -2.12. The summed E-state index contributed by atoms with van der Waals surface area (Å²) in [4.78, 5) is 37.8. The summed E-state index contributed by atoms with van der Waals surface area (Å²) >= 11 is 4.20. The van der Waals surface area contributed by atoms with E-state index >= 15 is 0 Å². The number of rotatable bonds is 5. The Balaban J connectivity index is 1.62. The van der Waals surface area contributed by atoms with Gasteiger partial charge in [0.2, 0.25) is 5.91 Å². The van der Waals surface area contributed by atoms with Crippen LogP contribution < -0.4 is 5.32 Å². The summed E-state index contributed by atoms with van der Waals surface area (Å²) in [5.41, 5.74) is 1.58. The summed E-state index contributed by atoms with van der Waals surface area (Å²) < 4.78 is 0.981. The van der Waals surface area contributed by atoms with Crippen molar-refractivity contribution in [1.82, 2.24) is 4.90 Å². The Morgan fingerprint density at radius 3 is 2.48 bits per heavy atom. The molecule has 0 atom stereocenters. The monoisotopic (exact) mass is 442 g/mol. The number of carbonyl (C=O) groups excluding carboxylic acids is 3. The van der Waals surface area contributed by atoms with Crippen LogP contribution in [0.15, 0.2) is 76.1 Å². The van der Waals surface area contributed by atoms with Gasteiger partial charge in [0, 0.05) is 10.2 Å². The molecule has 0 saturated carbocycles. The van der Waals surface area contributed by atoms with E-state index in [4.69, 9.17) is 0 Å². The second kappa shape index (κ2) is 8.83. The zero-order valence-electron chi connectivity index (χ0n) is 14.1. The Morgan fingerprint density at radius 1 is 1.07 bits per heavy atom. The van der Waals surface area contributed by atoms with Crippen molar-refractivity contribution in [2.45, 2.75) is 0 Å². The molecule has 0 radical (unpaired) electrons. The minimum Gasteiger partial charge on any atom is -0.325 e. The maximum absolute atomic E-state index is 12.4. The van der Waals surface area contributed by atoms with Crippen molar-refractivity contribution in [2.75, 3.05) is 11.9 Å². The minimum absolute atomic E-state index is 0.292. The fraction of sp³-hybridized carbons (Fsp3) is 0.0500. The molecule has 3 amide bonds. The number of nitrogens with zero attached hydrogens (tertiary/aromatic N) is 1. The molecule has 27 heavy (non-hydrogen) atoms. The molecule has 1 N–H and O–H groups in total. The van der Waals surface area contributed by atoms with Crippen LogP contribution in [0.1, 0.15) is 5.56 Å². The van der Waals surface area contributed by atoms with Gasteiger partial charge in [-0.15, -0.1) is 0 Å². The average molecular weight is 443 g/mol. The van der Waals surface area contributed by atoms with Crippen molar-refractivity contribution >= 4 is 56.5 Å². The number of allylic oxidation sites excluding steroid dienone is 2. The summed E-state index contributed by atoms with van der Waals surface area (Å²) in [5.74, 6) is -0.885. The Morgan fingerprint density at radius 2 is 1.78 bits per heavy atom. The normalized spacial score (nSPS) is 15.7. The van der Waals surface area contributed by atoms with Crippen molar-refractivity contribution in [3.63, 3.8) is 0 Å². The van der Waals surface area contributed by atoms with Gasteiger partial charge in [0.05, 0.1) is 4.91 Å². The van der Waals surface area contributed by atoms with E-state index in [1.165, 1.54) is 0 Å². The third-order valence-electron chi connectivity index (χ3n) is 3.64. The SMILES string of the molecule is O=C(CN1C(=O)S/C(=C\C=C\c2ccc(Br)cc2)C1=O)Nc1ccccc1. The standard InChI is InChI=1S/C20H15BrN2O3S/c21-15-11-9-14(10-12-15)5-4-8-17-19(25)23(20(26)27-17)13-18(24)22-16-6-2-1-3-7-16/h1-12H,13H2,(H,22,24)/b5-4+,17-8-. The van der Waals surface area contributed by atoms with Crippen LogP contribution in [-0.4, -0.2) is 28.5 Å². The van der Waals surface area contributed by atoms with E-state index in [0.29, 0.717) is 10.6 Å². The topological polar surface area (TPSA) is 66.5 Å². The highest BCUT2D eigenvalue weighted by Crippen LogP contribution is 2.30. The number of amides is 3. The third kappa shape index (κ3) is 5.18. The van der Waals surface area contributed by atoms with Crippen molar-refractivity contribution in [1.29, 1.82) is 0 Å². The summed E-state index contributed by atoms with van der Waals surface area (Å²) in [7, 11) is 0. The molecule has 1 heterocycles. The highest BCUT2D eigenvalue weighted by atomic mass is 79.9. The number of carbonyl (C=O) groups is 3. The van der Waals surface area contributed by atoms with Gasteiger partial charge in [0.25, 0.3) is 11.1 Å². The Labute approximate surface area is 169 Å². The van der Waals surface area contributed by atoms with Crippen LogP contribution in [0.25, 0.3) is 6.08 Å². The van der Waals surface area contributed by atoms with Gasteiger partial charge in [0.15, 0.2) is 0 Å². The number of para-hydroxylation sites is 1. The molecule has 5 nitrogen and oxygen atoms in total. The molecule has 0 spiro atoms. The van der Waals surface area contributed by atoms with Gasteiger partial charge >= 0.3 is 0 Å². The quantitative estimate of drug-likeness (QED) is 0.682. The molecule has 1 aliphatic heterocycles. The van der Waals surface area contributed by atoms with E-state index in [9.17, 15) is 14.4 Å². The number of imide groups is 1. The second-order valence-electron chi connectivity index (χ2n) is 5.62. The third-order valence-corrected chi connectivity index (χ3v) is 5.09. The Hall–Kier alpha value is -2.64. The van der Waals surface area contributed by atoms with E-state index in [1.54, 1.807) is 36.4 Å². The number of halogens is 1. The van der Waals surface area contributed by atoms with Gasteiger partial charge in [-0.2, -0.15) is 0 Å². The second-order valence-corrected chi connectivity index (χ2v) is 7.52. The maximum Gasteiger partial charge on any atom is 0.294 e. The first-order chi connectivity index (χ1) is 13.0. The molecule has 2 aromatic rings. The smallest absolute Gasteiger partial charge is 0.294 e. The first-order valence-electron chi connectivity index (χ1n) is 8.05. The highest BCUT2D eigenvalue weighted by molar-refractivity contribution is 9.10. The number of anilines is 1. The molecule has 1 saturated heterocycles. The van der Waals surface area contributed by atoms with E-state index in [0.717, 1.165) is 26.7 Å². The first-order valence-corrected chi connectivity index (χ1v) is 9.66. The number of hydrogen-bond donors (Lipinski definition) is 1. The lowest BCUT2D eigenvalue weighted by atomic mass is 10.2. The summed E-state index contributed by atoms with van der Waals surface area (Å²) in [5, 5.41) is 2.21. The number of benzene rings is 2. The molecule has 0 aliphatic carbocycles. The predicted molar refractivity (Wildman–Crippen MR) is 111 cm³/mol. The van der Waals surface area contributed by atoms with Crippen molar-refractivity contribution in [3.8, 4) is 0 Å². The molecule has 0 unspecified atom stereocenters. The molecule has 0 aromatic heterocycles. The van der Waals surface area contributed by atoms with Crippen molar-refractivity contribution < 1.29 is 14.4 Å². The zero-order valence-corrected chi connectivity index (χ0v) is 16.5. The molecule has 7 heteroatoms. The van der Waals surface area contributed by atoms with Crippen LogP contribution in [0.5, 0.6) is 0 Å². The fourth-order valence-corrected chi connectivity index (χ4v) is 3.39. The number of hydrogen-bond acceptors (Lipinski definition) is 4. The molecular weight excluding hydrogens is 428 g/mol. The van der Waals surface area contributed by atoms with Gasteiger partial charge in [0.1, 0.15) is 6.54 Å². The fourth-order valence-electron chi connectivity index (χ4n) is 2.34. The average Bonchev–Trinajstić information content (AvgIpc) is 2.92. The van der Waals surface area contributed by atoms with Gasteiger partial charge < -0.3 is 5.32 Å². The lowest BCUT2D eigenvalue weighted by Crippen LogP contribution is -2.36. The van der Waals surface area contributed by atoms with E-state index in [2.05, 4.69) is 21.2 Å². The van der Waals surface area contributed by atoms with Crippen molar-refractivity contribution in [3.05, 3.63) is 81.7 Å². The lowest BCUT2D eigenvalue weighted by molar-refractivity contribution is -0.127. The molecule has 1 fully saturated rings. The summed E-state index contributed by atoms with van der Waals surface area (Å²) in [6.45, 7) is -0.312. The molecule has 1 aliphatic rings. The van der Waals surface area contributed by atoms with Gasteiger partial charge in [-0.1, -0.05) is 58.4 Å². The van der Waals surface area contributed by atoms with Crippen LogP contribution >= 0.6 is 27.7 Å². The molecule has 0 bridgehead atoms. The largest absolute Gasteiger partial charge is 0.325 e. The van der Waals surface area contributed by atoms with E-state index in [-0.39, 0.29) is 6.54 Å². The van der Waals surface area contributed by atoms with Crippen LogP contribution in [-0.2, 0) is 9.59 Å². The summed E-state index contributed by atoms with van der Waals surface area (Å²) in [6, 6.07) is 16.6. The van der Waals surface area contributed by atoms with Gasteiger partial charge in [-0.25, -0.2) is 0 Å². The molecular formula is C20H15BrN2O3S. The first kappa shape index (κ1) is 19.1. The van der Waals surface area contributed by atoms with Crippen LogP contribution in [0.3, 0.4) is 0 Å². The number of nitrogens with one attached hydrogen (secondary N) is 1. The number of thioether (sulfide) groups is 1. The summed E-state index contributed by atoms with van der Waals surface area (Å²) in [6.07, 6.45) is 5.13. The molecule has 3 rings (SSSR count). The van der Waals surface area contributed by atoms with Crippen LogP contribution in [0.4, 0.5) is 10.5 Å². The minimum atomic E-state index is -0.464. The maximum atomic E-state index is 12.4. The predicted octanol–water partition coefficient (Wildman–Crippen LogP) is 4.68. The van der Waals surface area contributed by atoms with Gasteiger partial charge in [-0.05, 0) is 47.7 Å². The molecule has 136 valence electrons. The molecule has 2 aromatic carbocycles. The van der Waals surface area contributed by atoms with Crippen LogP contribution in [0, 0.1) is 0 Å². The Bertz CT molecular complexity index is 924. The Kier molecular flexibility index (Phi) is 6.26. The van der Waals surface area contributed by atoms with Crippen molar-refractivity contribution in [2.24, 2.45) is 0 Å².